The smallest absolute Gasteiger partial charge is 0.394 e. The van der Waals surface area contributed by atoms with E-state index in [2.05, 4.69) is 45.7 Å². The number of nitrogens with one attached hydrogen (secondary N) is 4. The second-order valence-electron chi connectivity index (χ2n) is 10.7. The molecule has 0 aliphatic heterocycles. The van der Waals surface area contributed by atoms with E-state index in [0.29, 0.717) is 29.8 Å². The summed E-state index contributed by atoms with van der Waals surface area (Å²) in [6, 6.07) is 10.2. The molecule has 7 rings (SSSR count). The molecule has 1 atom stereocenters. The van der Waals surface area contributed by atoms with Gasteiger partial charge >= 0.3 is 5.76 Å². The second kappa shape index (κ2) is 11.0. The van der Waals surface area contributed by atoms with Crippen molar-refractivity contribution in [1.29, 1.82) is 0 Å². The number of fused-ring (bicyclic) bond motifs is 2. The minimum Gasteiger partial charge on any atom is -0.394 e. The van der Waals surface area contributed by atoms with Crippen LogP contribution in [0.2, 0.25) is 0 Å². The van der Waals surface area contributed by atoms with Gasteiger partial charge in [0.25, 0.3) is 28.4 Å². The number of benzene rings is 2. The van der Waals surface area contributed by atoms with Crippen LogP contribution < -0.4 is 44.0 Å². The zero-order valence-corrected chi connectivity index (χ0v) is 24.0. The van der Waals surface area contributed by atoms with Crippen LogP contribution in [-0.4, -0.2) is 41.5 Å². The normalized spacial score (nSPS) is 13.9. The van der Waals surface area contributed by atoms with Gasteiger partial charge in [-0.15, -0.1) is 5.10 Å². The van der Waals surface area contributed by atoms with Crippen molar-refractivity contribution in [2.24, 2.45) is 0 Å². The highest BCUT2D eigenvalue weighted by Crippen LogP contribution is 2.33. The first kappa shape index (κ1) is 29.0. The van der Waals surface area contributed by atoms with Crippen molar-refractivity contribution in [3.63, 3.8) is 0 Å². The molecule has 236 valence electrons. The molecule has 0 fully saturated rings. The lowest BCUT2D eigenvalue weighted by Crippen LogP contribution is -2.36. The number of aromatic amines is 1. The van der Waals surface area contributed by atoms with Crippen molar-refractivity contribution in [2.75, 3.05) is 16.8 Å². The van der Waals surface area contributed by atoms with Crippen molar-refractivity contribution in [3.05, 3.63) is 107 Å². The van der Waals surface area contributed by atoms with Gasteiger partial charge in [-0.3, -0.25) is 28.7 Å². The molecule has 0 saturated carbocycles. The van der Waals surface area contributed by atoms with Crippen LogP contribution in [0.5, 0.6) is 0 Å². The molecule has 3 aromatic carbocycles. The third-order valence-electron chi connectivity index (χ3n) is 7.72. The number of hydrogen-bond donors (Lipinski definition) is 6. The molecule has 6 aromatic rings. The lowest BCUT2D eigenvalue weighted by atomic mass is 10.0. The lowest BCUT2D eigenvalue weighted by molar-refractivity contribution is 0.0931. The minimum atomic E-state index is -0.859. The van der Waals surface area contributed by atoms with Crippen molar-refractivity contribution in [2.45, 2.75) is 25.4 Å². The average molecular weight is 640 g/mol. The fourth-order valence-electron chi connectivity index (χ4n) is 5.38. The number of carbonyl (C=O) groups excluding carboxylic acids is 2. The van der Waals surface area contributed by atoms with Gasteiger partial charge in [-0.2, -0.15) is 9.50 Å². The van der Waals surface area contributed by atoms with E-state index in [4.69, 9.17) is 11.5 Å². The van der Waals surface area contributed by atoms with Crippen molar-refractivity contribution >= 4 is 40.6 Å². The fraction of sp³-hybridized carbons (Fsp3) is 0.138. The Bertz CT molecular complexity index is 2390. The number of nitrogens with zero attached hydrogens (tertiary/aromatic N) is 5. The molecule has 0 radical (unpaired) electrons. The van der Waals surface area contributed by atoms with E-state index in [-0.39, 0.29) is 52.8 Å². The maximum Gasteiger partial charge on any atom is 0.439 e. The van der Waals surface area contributed by atoms with E-state index in [1.807, 2.05) is 12.1 Å². The van der Waals surface area contributed by atoms with E-state index >= 15 is 0 Å². The topological polar surface area (TPSA) is 258 Å². The van der Waals surface area contributed by atoms with Gasteiger partial charge in [0.2, 0.25) is 5.95 Å². The Labute approximate surface area is 260 Å². The third kappa shape index (κ3) is 5.22. The molecule has 0 spiro atoms. The Morgan fingerprint density at radius 2 is 1.87 bits per heavy atom. The second-order valence-corrected chi connectivity index (χ2v) is 10.7. The van der Waals surface area contributed by atoms with Crippen LogP contribution in [0, 0.1) is 5.82 Å². The van der Waals surface area contributed by atoms with E-state index in [9.17, 15) is 28.4 Å². The Hall–Kier alpha value is -6.72. The zero-order valence-electron chi connectivity index (χ0n) is 24.0. The fourth-order valence-corrected chi connectivity index (χ4v) is 5.38. The molecule has 17 nitrogen and oxygen atoms in total. The summed E-state index contributed by atoms with van der Waals surface area (Å²) in [6.45, 7) is -0.103. The molecular formula is C29H22FN11O6. The number of aryl methyl sites for hydroxylation is 1. The summed E-state index contributed by atoms with van der Waals surface area (Å²) in [5.41, 5.74) is 11.7. The predicted octanol–water partition coefficient (Wildman–Crippen LogP) is 0.458. The molecule has 47 heavy (non-hydrogen) atoms. The molecule has 3 heterocycles. The number of nitrogen functional groups attached to an aromatic ring is 2. The van der Waals surface area contributed by atoms with Crippen LogP contribution >= 0.6 is 0 Å². The summed E-state index contributed by atoms with van der Waals surface area (Å²) in [4.78, 5) is 72.0. The van der Waals surface area contributed by atoms with E-state index in [1.54, 1.807) is 6.07 Å². The zero-order chi connectivity index (χ0) is 33.0. The molecule has 3 aromatic heterocycles. The van der Waals surface area contributed by atoms with E-state index in [0.717, 1.165) is 21.7 Å². The number of rotatable bonds is 8. The van der Waals surface area contributed by atoms with Gasteiger partial charge in [0.15, 0.2) is 5.82 Å². The molecule has 18 heteroatoms. The first-order valence-electron chi connectivity index (χ1n) is 14.0. The van der Waals surface area contributed by atoms with Crippen LogP contribution in [0.15, 0.2) is 61.4 Å². The number of halogens is 1. The van der Waals surface area contributed by atoms with Crippen LogP contribution in [-0.2, 0) is 13.0 Å². The number of hydrogen-bond acceptors (Lipinski definition) is 13. The van der Waals surface area contributed by atoms with Crippen LogP contribution in [0.4, 0.5) is 27.4 Å². The Kier molecular flexibility index (Phi) is 6.80. The molecule has 1 aliphatic rings. The molecule has 1 aliphatic carbocycles. The SMILES string of the molecule is Nc1nc2nc(C(=O)N[C@H]3CCc4cc(-c5noc(=O)[nH]5)ccc43)cc(C(=O)NCc3ccc(F)c(Nc4c(N)c(=O)c4=O)c3)n2n1. The van der Waals surface area contributed by atoms with Gasteiger partial charge in [0.1, 0.15) is 28.6 Å². The molecule has 0 bridgehead atoms. The number of carbonyl (C=O) groups is 2. The monoisotopic (exact) mass is 639 g/mol. The molecule has 8 N–H and O–H groups in total. The Morgan fingerprint density at radius 1 is 1.04 bits per heavy atom. The molecular weight excluding hydrogens is 617 g/mol. The quantitative estimate of drug-likeness (QED) is 0.124. The summed E-state index contributed by atoms with van der Waals surface area (Å²) in [5.74, 6) is -2.59. The summed E-state index contributed by atoms with van der Waals surface area (Å²) < 4.78 is 20.1. The number of anilines is 4. The van der Waals surface area contributed by atoms with Gasteiger partial charge in [-0.1, -0.05) is 23.4 Å². The van der Waals surface area contributed by atoms with Crippen molar-refractivity contribution in [1.82, 2.24) is 40.4 Å². The highest BCUT2D eigenvalue weighted by molar-refractivity contribution is 5.98. The van der Waals surface area contributed by atoms with Crippen LogP contribution in [0.1, 0.15) is 50.1 Å². The first-order chi connectivity index (χ1) is 22.5. The number of aromatic nitrogens is 6. The van der Waals surface area contributed by atoms with Gasteiger partial charge in [0, 0.05) is 18.2 Å². The molecule has 0 unspecified atom stereocenters. The largest absolute Gasteiger partial charge is 0.439 e. The van der Waals surface area contributed by atoms with Gasteiger partial charge in [-0.05, 0) is 47.7 Å². The standard InChI is InChI=1S/C29H22FN11O6/c30-15-5-1-11(7-17(15)34-21-20(31)22(42)23(21)43)10-33-26(45)19-9-18(36-28-38-27(32)39-41(19)28)25(44)35-16-6-3-12-8-13(2-4-14(12)16)24-37-29(46)47-40-24/h1-2,4-5,7-9,16,34H,3,6,10,31H2,(H2,32,39)(H,33,45)(H,35,44)(H,37,40,46)/t16-/m0/s1. The first-order valence-corrected chi connectivity index (χ1v) is 14.0. The summed E-state index contributed by atoms with van der Waals surface area (Å²) in [5, 5.41) is 15.8. The summed E-state index contributed by atoms with van der Waals surface area (Å²) in [7, 11) is 0. The van der Waals surface area contributed by atoms with Gasteiger partial charge in [0.05, 0.1) is 11.7 Å². The predicted molar refractivity (Wildman–Crippen MR) is 163 cm³/mol. The third-order valence-corrected chi connectivity index (χ3v) is 7.72. The molecule has 0 saturated heterocycles. The Balaban J connectivity index is 1.09. The van der Waals surface area contributed by atoms with Crippen molar-refractivity contribution < 1.29 is 18.5 Å². The van der Waals surface area contributed by atoms with E-state index < -0.39 is 34.2 Å². The maximum absolute atomic E-state index is 14.4. The van der Waals surface area contributed by atoms with E-state index in [1.165, 1.54) is 18.2 Å². The van der Waals surface area contributed by atoms with Crippen LogP contribution in [0.3, 0.4) is 0 Å². The lowest BCUT2D eigenvalue weighted by Gasteiger charge is -2.15. The Morgan fingerprint density at radius 3 is 2.64 bits per heavy atom. The highest BCUT2D eigenvalue weighted by Gasteiger charge is 2.27. The summed E-state index contributed by atoms with van der Waals surface area (Å²) >= 11 is 0. The maximum atomic E-state index is 14.4. The number of nitrogens with two attached hydrogens (primary N) is 2. The highest BCUT2D eigenvalue weighted by atomic mass is 19.1. The minimum absolute atomic E-state index is 0.0859. The average Bonchev–Trinajstić information content (AvgIpc) is 3.79. The molecule has 2 amide bonds. The van der Waals surface area contributed by atoms with Gasteiger partial charge in [-0.25, -0.2) is 14.2 Å². The van der Waals surface area contributed by atoms with Crippen molar-refractivity contribution in [3.8, 4) is 11.4 Å². The number of H-pyrrole nitrogens is 1. The number of amides is 2. The van der Waals surface area contributed by atoms with Crippen LogP contribution in [0.25, 0.3) is 17.2 Å². The van der Waals surface area contributed by atoms with Gasteiger partial charge < -0.3 is 27.4 Å². The summed E-state index contributed by atoms with van der Waals surface area (Å²) in [6.07, 6.45) is 1.24.